The van der Waals surface area contributed by atoms with Crippen molar-refractivity contribution in [1.82, 2.24) is 9.55 Å². The Kier molecular flexibility index (Phi) is 4.51. The van der Waals surface area contributed by atoms with Crippen LogP contribution in [0, 0.1) is 10.1 Å². The van der Waals surface area contributed by atoms with Crippen molar-refractivity contribution in [2.24, 2.45) is 0 Å². The summed E-state index contributed by atoms with van der Waals surface area (Å²) in [7, 11) is 0. The van der Waals surface area contributed by atoms with E-state index in [2.05, 4.69) is 4.98 Å². The number of para-hydroxylation sites is 1. The first-order valence-corrected chi connectivity index (χ1v) is 7.42. The van der Waals surface area contributed by atoms with Crippen LogP contribution in [0.15, 0.2) is 59.7 Å². The number of ether oxygens (including phenoxy) is 1. The minimum absolute atomic E-state index is 0.0181. The van der Waals surface area contributed by atoms with Gasteiger partial charge >= 0.3 is 5.97 Å². The molecule has 0 amide bonds. The van der Waals surface area contributed by atoms with Crippen LogP contribution in [0.5, 0.6) is 0 Å². The van der Waals surface area contributed by atoms with E-state index in [-0.39, 0.29) is 30.0 Å². The summed E-state index contributed by atoms with van der Waals surface area (Å²) in [4.78, 5) is 38.4. The summed E-state index contributed by atoms with van der Waals surface area (Å²) in [6.45, 7) is 0.144. The number of benzene rings is 2. The second kappa shape index (κ2) is 6.91. The average molecular weight is 339 g/mol. The molecule has 3 aromatic rings. The molecule has 8 nitrogen and oxygen atoms in total. The Hall–Kier alpha value is -3.55. The molecule has 0 aliphatic rings. The summed E-state index contributed by atoms with van der Waals surface area (Å²) >= 11 is 0. The number of nitro benzene ring substituents is 1. The Morgan fingerprint density at radius 1 is 1.16 bits per heavy atom. The van der Waals surface area contributed by atoms with Gasteiger partial charge in [0.2, 0.25) is 0 Å². The van der Waals surface area contributed by atoms with Crippen LogP contribution in [0.1, 0.15) is 10.4 Å². The number of non-ortho nitro benzene ring substituents is 1. The van der Waals surface area contributed by atoms with Crippen LogP contribution < -0.4 is 5.56 Å². The topological polar surface area (TPSA) is 104 Å². The fraction of sp³-hybridized carbons (Fsp3) is 0.118. The van der Waals surface area contributed by atoms with Crippen LogP contribution in [-0.2, 0) is 11.3 Å². The number of rotatable bonds is 5. The molecule has 0 aliphatic heterocycles. The Labute approximate surface area is 141 Å². The number of carbonyl (C=O) groups excluding carboxylic acids is 1. The standard InChI is InChI=1S/C17H13N3O5/c21-16-14-3-1-2-4-15(14)18-11-19(16)9-10-25-17(22)12-5-7-13(8-6-12)20(23)24/h1-8,11H,9-10H2. The molecule has 0 aliphatic carbocycles. The van der Waals surface area contributed by atoms with Crippen LogP contribution in [0.3, 0.4) is 0 Å². The van der Waals surface area contributed by atoms with Gasteiger partial charge in [-0.15, -0.1) is 0 Å². The first kappa shape index (κ1) is 16.3. The van der Waals surface area contributed by atoms with E-state index < -0.39 is 10.9 Å². The van der Waals surface area contributed by atoms with Gasteiger partial charge < -0.3 is 4.74 Å². The van der Waals surface area contributed by atoms with Gasteiger partial charge in [-0.2, -0.15) is 0 Å². The van der Waals surface area contributed by atoms with E-state index in [4.69, 9.17) is 4.74 Å². The van der Waals surface area contributed by atoms with E-state index >= 15 is 0 Å². The zero-order chi connectivity index (χ0) is 17.8. The van der Waals surface area contributed by atoms with Crippen LogP contribution in [0.2, 0.25) is 0 Å². The maximum atomic E-state index is 12.3. The van der Waals surface area contributed by atoms with E-state index in [1.165, 1.54) is 35.2 Å². The predicted molar refractivity (Wildman–Crippen MR) is 89.4 cm³/mol. The molecule has 0 saturated heterocycles. The van der Waals surface area contributed by atoms with Gasteiger partial charge in [-0.05, 0) is 24.3 Å². The van der Waals surface area contributed by atoms with Crippen molar-refractivity contribution in [2.45, 2.75) is 6.54 Å². The van der Waals surface area contributed by atoms with E-state index in [0.29, 0.717) is 10.9 Å². The van der Waals surface area contributed by atoms with Gasteiger partial charge in [-0.3, -0.25) is 19.5 Å². The van der Waals surface area contributed by atoms with Crippen molar-refractivity contribution in [3.63, 3.8) is 0 Å². The number of carbonyl (C=O) groups is 1. The molecule has 0 bridgehead atoms. The zero-order valence-electron chi connectivity index (χ0n) is 13.0. The van der Waals surface area contributed by atoms with Gasteiger partial charge in [0.25, 0.3) is 11.2 Å². The summed E-state index contributed by atoms with van der Waals surface area (Å²) in [6, 6.07) is 12.1. The largest absolute Gasteiger partial charge is 0.460 e. The molecule has 25 heavy (non-hydrogen) atoms. The van der Waals surface area contributed by atoms with Crippen LogP contribution in [0.4, 0.5) is 5.69 Å². The lowest BCUT2D eigenvalue weighted by atomic mass is 10.2. The summed E-state index contributed by atoms with van der Waals surface area (Å²) in [5.41, 5.74) is 0.489. The highest BCUT2D eigenvalue weighted by atomic mass is 16.6. The van der Waals surface area contributed by atoms with E-state index in [0.717, 1.165) is 0 Å². The average Bonchev–Trinajstić information content (AvgIpc) is 2.64. The minimum Gasteiger partial charge on any atom is -0.460 e. The maximum Gasteiger partial charge on any atom is 0.338 e. The SMILES string of the molecule is O=C(OCCn1cnc2ccccc2c1=O)c1ccc([N+](=O)[O-])cc1. The molecule has 0 spiro atoms. The summed E-state index contributed by atoms with van der Waals surface area (Å²) in [6.07, 6.45) is 1.41. The van der Waals surface area contributed by atoms with Crippen LogP contribution in [-0.4, -0.2) is 27.1 Å². The molecule has 0 atom stereocenters. The van der Waals surface area contributed by atoms with Gasteiger partial charge in [0.05, 0.1) is 34.3 Å². The number of esters is 1. The fourth-order valence-electron chi connectivity index (χ4n) is 2.30. The molecule has 2 aromatic carbocycles. The third-order valence-electron chi connectivity index (χ3n) is 3.61. The maximum absolute atomic E-state index is 12.3. The Bertz CT molecular complexity index is 995. The Morgan fingerprint density at radius 3 is 2.60 bits per heavy atom. The van der Waals surface area contributed by atoms with Crippen molar-refractivity contribution < 1.29 is 14.5 Å². The van der Waals surface area contributed by atoms with E-state index in [1.807, 2.05) is 0 Å². The normalized spacial score (nSPS) is 10.6. The highest BCUT2D eigenvalue weighted by molar-refractivity contribution is 5.89. The molecule has 0 unspecified atom stereocenters. The lowest BCUT2D eigenvalue weighted by molar-refractivity contribution is -0.384. The highest BCUT2D eigenvalue weighted by Gasteiger charge is 2.11. The predicted octanol–water partition coefficient (Wildman–Crippen LogP) is 2.16. The summed E-state index contributed by atoms with van der Waals surface area (Å²) in [5.74, 6) is -0.614. The van der Waals surface area contributed by atoms with Gasteiger partial charge in [-0.1, -0.05) is 12.1 Å². The lowest BCUT2D eigenvalue weighted by Crippen LogP contribution is -2.23. The molecule has 0 N–H and O–H groups in total. The van der Waals surface area contributed by atoms with Crippen LogP contribution >= 0.6 is 0 Å². The quantitative estimate of drug-likeness (QED) is 0.401. The third-order valence-corrected chi connectivity index (χ3v) is 3.61. The van der Waals surface area contributed by atoms with Crippen LogP contribution in [0.25, 0.3) is 10.9 Å². The van der Waals surface area contributed by atoms with E-state index in [9.17, 15) is 19.7 Å². The van der Waals surface area contributed by atoms with E-state index in [1.54, 1.807) is 24.3 Å². The van der Waals surface area contributed by atoms with Crippen molar-refractivity contribution >= 4 is 22.6 Å². The number of nitrogens with zero attached hydrogens (tertiary/aromatic N) is 3. The number of aromatic nitrogens is 2. The Morgan fingerprint density at radius 2 is 1.88 bits per heavy atom. The van der Waals surface area contributed by atoms with Crippen molar-refractivity contribution in [1.29, 1.82) is 0 Å². The molecule has 0 radical (unpaired) electrons. The van der Waals surface area contributed by atoms with Gasteiger partial charge in [-0.25, -0.2) is 9.78 Å². The lowest BCUT2D eigenvalue weighted by Gasteiger charge is -2.08. The molecule has 0 fully saturated rings. The van der Waals surface area contributed by atoms with Gasteiger partial charge in [0, 0.05) is 12.1 Å². The molecule has 1 aromatic heterocycles. The molecule has 8 heteroatoms. The number of fused-ring (bicyclic) bond motifs is 1. The number of hydrogen-bond acceptors (Lipinski definition) is 6. The number of hydrogen-bond donors (Lipinski definition) is 0. The summed E-state index contributed by atoms with van der Waals surface area (Å²) in [5, 5.41) is 11.1. The number of nitro groups is 1. The fourth-order valence-corrected chi connectivity index (χ4v) is 2.30. The van der Waals surface area contributed by atoms with Crippen molar-refractivity contribution in [2.75, 3.05) is 6.61 Å². The molecule has 1 heterocycles. The monoisotopic (exact) mass is 339 g/mol. The minimum atomic E-state index is -0.614. The van der Waals surface area contributed by atoms with Gasteiger partial charge in [0.1, 0.15) is 6.61 Å². The summed E-state index contributed by atoms with van der Waals surface area (Å²) < 4.78 is 6.47. The second-order valence-corrected chi connectivity index (χ2v) is 5.20. The Balaban J connectivity index is 1.64. The smallest absolute Gasteiger partial charge is 0.338 e. The highest BCUT2D eigenvalue weighted by Crippen LogP contribution is 2.12. The molecular weight excluding hydrogens is 326 g/mol. The van der Waals surface area contributed by atoms with Crippen molar-refractivity contribution in [3.8, 4) is 0 Å². The molecule has 0 saturated carbocycles. The molecule has 3 rings (SSSR count). The first-order chi connectivity index (χ1) is 12.1. The molecular formula is C17H13N3O5. The molecule has 126 valence electrons. The van der Waals surface area contributed by atoms with Gasteiger partial charge in [0.15, 0.2) is 0 Å². The zero-order valence-corrected chi connectivity index (χ0v) is 13.0. The van der Waals surface area contributed by atoms with Crippen molar-refractivity contribution in [3.05, 3.63) is 80.9 Å². The second-order valence-electron chi connectivity index (χ2n) is 5.20. The first-order valence-electron chi connectivity index (χ1n) is 7.42. The third kappa shape index (κ3) is 3.52.